The van der Waals surface area contributed by atoms with Crippen molar-refractivity contribution in [2.75, 3.05) is 23.9 Å². The summed E-state index contributed by atoms with van der Waals surface area (Å²) in [4.78, 5) is 0. The molecule has 1 heterocycles. The van der Waals surface area contributed by atoms with Crippen molar-refractivity contribution in [3.05, 3.63) is 5.89 Å². The molecule has 1 rings (SSSR count). The Hall–Kier alpha value is -0.420. The molecule has 0 aliphatic rings. The van der Waals surface area contributed by atoms with Gasteiger partial charge in [0.25, 0.3) is 0 Å². The molecule has 14 heavy (non-hydrogen) atoms. The summed E-state index contributed by atoms with van der Waals surface area (Å²) < 4.78 is 5.17. The van der Waals surface area contributed by atoms with Gasteiger partial charge in [-0.25, -0.2) is 0 Å². The monoisotopic (exact) mass is 235 g/mol. The van der Waals surface area contributed by atoms with Gasteiger partial charge in [-0.15, -0.1) is 16.7 Å². The zero-order valence-electron chi connectivity index (χ0n) is 8.12. The van der Waals surface area contributed by atoms with Crippen LogP contribution in [-0.2, 0) is 5.88 Å². The summed E-state index contributed by atoms with van der Waals surface area (Å²) in [7, 11) is 0. The van der Waals surface area contributed by atoms with E-state index in [0.29, 0.717) is 11.9 Å². The number of thioether (sulfide) groups is 1. The first-order valence-electron chi connectivity index (χ1n) is 4.48. The van der Waals surface area contributed by atoms with Crippen molar-refractivity contribution < 1.29 is 4.42 Å². The summed E-state index contributed by atoms with van der Waals surface area (Å²) >= 11 is 7.38. The molecule has 6 heteroatoms. The van der Waals surface area contributed by atoms with E-state index >= 15 is 0 Å². The average molecular weight is 236 g/mol. The minimum Gasteiger partial charge on any atom is -0.407 e. The maximum Gasteiger partial charge on any atom is 0.315 e. The third-order valence-corrected chi connectivity index (χ3v) is 2.56. The molecule has 0 aliphatic heterocycles. The van der Waals surface area contributed by atoms with Crippen LogP contribution in [0.25, 0.3) is 0 Å². The second-order valence-corrected chi connectivity index (χ2v) is 4.01. The zero-order valence-corrected chi connectivity index (χ0v) is 9.70. The maximum atomic E-state index is 5.52. The Morgan fingerprint density at radius 3 is 2.93 bits per heavy atom. The van der Waals surface area contributed by atoms with Crippen LogP contribution in [0.3, 0.4) is 0 Å². The van der Waals surface area contributed by atoms with Gasteiger partial charge in [-0.3, -0.25) is 0 Å². The van der Waals surface area contributed by atoms with Crippen LogP contribution in [0.1, 0.15) is 18.7 Å². The largest absolute Gasteiger partial charge is 0.407 e. The second kappa shape index (κ2) is 6.95. The van der Waals surface area contributed by atoms with Gasteiger partial charge < -0.3 is 9.73 Å². The number of nitrogens with zero attached hydrogens (tertiary/aromatic N) is 2. The summed E-state index contributed by atoms with van der Waals surface area (Å²) in [6.45, 7) is 0.866. The number of anilines is 1. The average Bonchev–Trinajstić information content (AvgIpc) is 2.65. The summed E-state index contributed by atoms with van der Waals surface area (Å²) in [5.41, 5.74) is 0. The molecule has 1 aromatic rings. The standard InChI is InChI=1S/C8H14ClN3OS/c1-14-5-3-2-4-10-8-12-11-7(6-9)13-8/h2-6H2,1H3,(H,10,12). The van der Waals surface area contributed by atoms with E-state index in [0.717, 1.165) is 13.0 Å². The highest BCUT2D eigenvalue weighted by Gasteiger charge is 2.02. The van der Waals surface area contributed by atoms with Crippen molar-refractivity contribution in [1.82, 2.24) is 10.2 Å². The predicted octanol–water partition coefficient (Wildman–Crippen LogP) is 2.36. The number of hydrogen-bond acceptors (Lipinski definition) is 5. The lowest BCUT2D eigenvalue weighted by molar-refractivity contribution is 0.524. The van der Waals surface area contributed by atoms with Gasteiger partial charge in [0.15, 0.2) is 0 Å². The number of hydrogen-bond donors (Lipinski definition) is 1. The molecule has 0 radical (unpaired) electrons. The van der Waals surface area contributed by atoms with Gasteiger partial charge >= 0.3 is 6.01 Å². The topological polar surface area (TPSA) is 51.0 Å². The molecule has 0 aliphatic carbocycles. The highest BCUT2D eigenvalue weighted by molar-refractivity contribution is 7.98. The first-order chi connectivity index (χ1) is 6.86. The van der Waals surface area contributed by atoms with Crippen molar-refractivity contribution >= 4 is 29.4 Å². The molecule has 1 aromatic heterocycles. The fraction of sp³-hybridized carbons (Fsp3) is 0.750. The van der Waals surface area contributed by atoms with Gasteiger partial charge in [0, 0.05) is 6.54 Å². The number of aromatic nitrogens is 2. The van der Waals surface area contributed by atoms with Gasteiger partial charge in [-0.1, -0.05) is 5.10 Å². The Balaban J connectivity index is 2.12. The van der Waals surface area contributed by atoms with E-state index in [9.17, 15) is 0 Å². The molecule has 1 N–H and O–H groups in total. The molecule has 0 fully saturated rings. The van der Waals surface area contributed by atoms with Crippen LogP contribution >= 0.6 is 23.4 Å². The lowest BCUT2D eigenvalue weighted by Gasteiger charge is -1.99. The first-order valence-corrected chi connectivity index (χ1v) is 6.41. The maximum absolute atomic E-state index is 5.52. The van der Waals surface area contributed by atoms with Crippen LogP contribution in [0.4, 0.5) is 6.01 Å². The summed E-state index contributed by atoms with van der Waals surface area (Å²) in [5.74, 6) is 1.91. The fourth-order valence-electron chi connectivity index (χ4n) is 0.946. The third kappa shape index (κ3) is 4.19. The van der Waals surface area contributed by atoms with Crippen molar-refractivity contribution in [1.29, 1.82) is 0 Å². The van der Waals surface area contributed by atoms with Gasteiger partial charge in [0.1, 0.15) is 5.88 Å². The number of nitrogens with one attached hydrogen (secondary N) is 1. The molecular formula is C8H14ClN3OS. The molecule has 0 bridgehead atoms. The molecule has 80 valence electrons. The van der Waals surface area contributed by atoms with E-state index < -0.39 is 0 Å². The van der Waals surface area contributed by atoms with Crippen LogP contribution in [0.5, 0.6) is 0 Å². The molecule has 4 nitrogen and oxygen atoms in total. The summed E-state index contributed by atoms with van der Waals surface area (Å²) in [5, 5.41) is 10.6. The van der Waals surface area contributed by atoms with E-state index in [1.165, 1.54) is 12.2 Å². The van der Waals surface area contributed by atoms with Crippen molar-refractivity contribution in [3.63, 3.8) is 0 Å². The Labute approximate surface area is 92.8 Å². The van der Waals surface area contributed by atoms with E-state index in [1.807, 2.05) is 11.8 Å². The quantitative estimate of drug-likeness (QED) is 0.581. The van der Waals surface area contributed by atoms with E-state index in [4.69, 9.17) is 16.0 Å². The normalized spacial score (nSPS) is 10.4. The molecule has 0 unspecified atom stereocenters. The Morgan fingerprint density at radius 1 is 1.43 bits per heavy atom. The van der Waals surface area contributed by atoms with Crippen molar-refractivity contribution in [2.45, 2.75) is 18.7 Å². The van der Waals surface area contributed by atoms with Crippen LogP contribution < -0.4 is 5.32 Å². The number of alkyl halides is 1. The predicted molar refractivity (Wildman–Crippen MR) is 60.0 cm³/mol. The van der Waals surface area contributed by atoms with Crippen LogP contribution in [0, 0.1) is 0 Å². The molecule has 0 atom stereocenters. The summed E-state index contributed by atoms with van der Waals surface area (Å²) in [6, 6.07) is 0.463. The minimum absolute atomic E-state index is 0.265. The molecule has 0 saturated heterocycles. The van der Waals surface area contributed by atoms with E-state index in [2.05, 4.69) is 21.8 Å². The van der Waals surface area contributed by atoms with Gasteiger partial charge in [0.2, 0.25) is 5.89 Å². The SMILES string of the molecule is CSCCCCNc1nnc(CCl)o1. The Kier molecular flexibility index (Phi) is 5.78. The number of rotatable bonds is 7. The summed E-state index contributed by atoms with van der Waals surface area (Å²) in [6.07, 6.45) is 4.42. The Morgan fingerprint density at radius 2 is 2.29 bits per heavy atom. The lowest BCUT2D eigenvalue weighted by atomic mass is 10.3. The van der Waals surface area contributed by atoms with Crippen LogP contribution in [0.2, 0.25) is 0 Å². The second-order valence-electron chi connectivity index (χ2n) is 2.76. The van der Waals surface area contributed by atoms with Crippen LogP contribution in [0.15, 0.2) is 4.42 Å². The molecule has 0 saturated carbocycles. The number of halogens is 1. The molecular weight excluding hydrogens is 222 g/mol. The smallest absolute Gasteiger partial charge is 0.315 e. The minimum atomic E-state index is 0.265. The van der Waals surface area contributed by atoms with Crippen LogP contribution in [-0.4, -0.2) is 28.8 Å². The van der Waals surface area contributed by atoms with E-state index in [1.54, 1.807) is 0 Å². The molecule has 0 spiro atoms. The van der Waals surface area contributed by atoms with Gasteiger partial charge in [0.05, 0.1) is 0 Å². The molecule has 0 amide bonds. The highest BCUT2D eigenvalue weighted by Crippen LogP contribution is 2.07. The van der Waals surface area contributed by atoms with Crippen molar-refractivity contribution in [3.8, 4) is 0 Å². The van der Waals surface area contributed by atoms with E-state index in [-0.39, 0.29) is 5.88 Å². The highest BCUT2D eigenvalue weighted by atomic mass is 35.5. The van der Waals surface area contributed by atoms with Gasteiger partial charge in [-0.05, 0) is 24.9 Å². The fourth-order valence-corrected chi connectivity index (χ4v) is 1.55. The number of unbranched alkanes of at least 4 members (excludes halogenated alkanes) is 1. The lowest BCUT2D eigenvalue weighted by Crippen LogP contribution is -2.01. The first kappa shape index (κ1) is 11.7. The Bertz CT molecular complexity index is 256. The van der Waals surface area contributed by atoms with Gasteiger partial charge in [-0.2, -0.15) is 11.8 Å². The van der Waals surface area contributed by atoms with Crippen molar-refractivity contribution in [2.24, 2.45) is 0 Å². The molecule has 0 aromatic carbocycles. The zero-order chi connectivity index (χ0) is 10.2. The third-order valence-electron chi connectivity index (χ3n) is 1.63.